The second-order valence-electron chi connectivity index (χ2n) is 7.63. The van der Waals surface area contributed by atoms with Gasteiger partial charge in [-0.25, -0.2) is 4.79 Å². The number of imide groups is 1. The van der Waals surface area contributed by atoms with Crippen LogP contribution in [0.25, 0.3) is 0 Å². The number of carbonyl (C=O) groups excluding carboxylic acids is 2. The SMILES string of the molecule is O=C(CN1CCC[C@@H](N2CCCC2)C1)NC(=O)NC1CCCCC1. The summed E-state index contributed by atoms with van der Waals surface area (Å²) >= 11 is 0. The number of hydrogen-bond donors (Lipinski definition) is 2. The van der Waals surface area contributed by atoms with Crippen molar-refractivity contribution in [2.45, 2.75) is 69.9 Å². The normalized spacial score (nSPS) is 27.1. The van der Waals surface area contributed by atoms with Crippen LogP contribution in [-0.2, 0) is 4.79 Å². The highest BCUT2D eigenvalue weighted by molar-refractivity contribution is 5.95. The number of rotatable bonds is 4. The largest absolute Gasteiger partial charge is 0.335 e. The van der Waals surface area contributed by atoms with Crippen LogP contribution in [0.15, 0.2) is 0 Å². The van der Waals surface area contributed by atoms with E-state index in [1.54, 1.807) is 0 Å². The van der Waals surface area contributed by atoms with Crippen LogP contribution in [0.5, 0.6) is 0 Å². The molecule has 0 unspecified atom stereocenters. The summed E-state index contributed by atoms with van der Waals surface area (Å²) < 4.78 is 0. The zero-order valence-electron chi connectivity index (χ0n) is 14.8. The Hall–Kier alpha value is -1.14. The van der Waals surface area contributed by atoms with Gasteiger partial charge in [0.2, 0.25) is 5.91 Å². The van der Waals surface area contributed by atoms with Crippen molar-refractivity contribution in [2.24, 2.45) is 0 Å². The zero-order valence-corrected chi connectivity index (χ0v) is 14.8. The van der Waals surface area contributed by atoms with Crippen molar-refractivity contribution in [3.63, 3.8) is 0 Å². The molecule has 0 aromatic rings. The van der Waals surface area contributed by atoms with E-state index in [1.807, 2.05) is 0 Å². The third-order valence-electron chi connectivity index (χ3n) is 5.70. The van der Waals surface area contributed by atoms with Crippen LogP contribution < -0.4 is 10.6 Å². The van der Waals surface area contributed by atoms with Gasteiger partial charge in [-0.05, 0) is 58.2 Å². The topological polar surface area (TPSA) is 64.7 Å². The van der Waals surface area contributed by atoms with Crippen LogP contribution in [0.4, 0.5) is 4.79 Å². The van der Waals surface area contributed by atoms with Crippen molar-refractivity contribution in [3.05, 3.63) is 0 Å². The average molecular weight is 336 g/mol. The fourth-order valence-electron chi connectivity index (χ4n) is 4.42. The molecule has 0 radical (unpaired) electrons. The first-order valence-corrected chi connectivity index (χ1v) is 9.77. The third kappa shape index (κ3) is 5.18. The maximum absolute atomic E-state index is 12.2. The fourth-order valence-corrected chi connectivity index (χ4v) is 4.42. The molecule has 1 saturated carbocycles. The Morgan fingerprint density at radius 1 is 0.875 bits per heavy atom. The number of carbonyl (C=O) groups is 2. The molecule has 2 aliphatic heterocycles. The molecule has 3 rings (SSSR count). The van der Waals surface area contributed by atoms with Crippen molar-refractivity contribution >= 4 is 11.9 Å². The van der Waals surface area contributed by atoms with Crippen LogP contribution in [0.3, 0.4) is 0 Å². The molecule has 3 fully saturated rings. The lowest BCUT2D eigenvalue weighted by Crippen LogP contribution is -2.52. The van der Waals surface area contributed by atoms with Crippen molar-refractivity contribution in [2.75, 3.05) is 32.7 Å². The van der Waals surface area contributed by atoms with Gasteiger partial charge >= 0.3 is 6.03 Å². The van der Waals surface area contributed by atoms with Crippen LogP contribution in [0.1, 0.15) is 57.8 Å². The van der Waals surface area contributed by atoms with Crippen LogP contribution in [-0.4, -0.2) is 66.5 Å². The van der Waals surface area contributed by atoms with E-state index in [4.69, 9.17) is 0 Å². The lowest BCUT2D eigenvalue weighted by atomic mass is 9.96. The number of piperidine rings is 1. The van der Waals surface area contributed by atoms with Crippen molar-refractivity contribution in [3.8, 4) is 0 Å². The molecule has 6 heteroatoms. The number of nitrogens with one attached hydrogen (secondary N) is 2. The van der Waals surface area contributed by atoms with Gasteiger partial charge in [0.1, 0.15) is 0 Å². The monoisotopic (exact) mass is 336 g/mol. The predicted molar refractivity (Wildman–Crippen MR) is 93.8 cm³/mol. The summed E-state index contributed by atoms with van der Waals surface area (Å²) in [5.74, 6) is -0.176. The van der Waals surface area contributed by atoms with E-state index in [9.17, 15) is 9.59 Å². The summed E-state index contributed by atoms with van der Waals surface area (Å²) in [4.78, 5) is 28.9. The molecule has 24 heavy (non-hydrogen) atoms. The minimum atomic E-state index is -0.319. The highest BCUT2D eigenvalue weighted by Crippen LogP contribution is 2.20. The summed E-state index contributed by atoms with van der Waals surface area (Å²) in [6.07, 6.45) is 10.6. The van der Waals surface area contributed by atoms with Gasteiger partial charge in [-0.2, -0.15) is 0 Å². The summed E-state index contributed by atoms with van der Waals surface area (Å²) in [7, 11) is 0. The van der Waals surface area contributed by atoms with E-state index in [0.717, 1.165) is 32.4 Å². The molecule has 0 bridgehead atoms. The molecule has 3 aliphatic rings. The maximum Gasteiger partial charge on any atom is 0.321 e. The Morgan fingerprint density at radius 3 is 2.38 bits per heavy atom. The molecule has 0 aromatic carbocycles. The van der Waals surface area contributed by atoms with Crippen LogP contribution >= 0.6 is 0 Å². The number of hydrogen-bond acceptors (Lipinski definition) is 4. The first-order valence-electron chi connectivity index (χ1n) is 9.77. The molecule has 3 amide bonds. The molecule has 2 heterocycles. The Bertz CT molecular complexity index is 431. The molecule has 1 aliphatic carbocycles. The van der Waals surface area contributed by atoms with Gasteiger partial charge in [0.25, 0.3) is 0 Å². The van der Waals surface area contributed by atoms with Gasteiger partial charge in [0, 0.05) is 18.6 Å². The highest BCUT2D eigenvalue weighted by Gasteiger charge is 2.28. The molecule has 0 spiro atoms. The highest BCUT2D eigenvalue weighted by atomic mass is 16.2. The molecule has 2 saturated heterocycles. The lowest BCUT2D eigenvalue weighted by Gasteiger charge is -2.37. The molecule has 136 valence electrons. The first kappa shape index (κ1) is 17.7. The van der Waals surface area contributed by atoms with Gasteiger partial charge in [-0.1, -0.05) is 19.3 Å². The molecule has 0 aromatic heterocycles. The lowest BCUT2D eigenvalue weighted by molar-refractivity contribution is -0.121. The van der Waals surface area contributed by atoms with E-state index in [2.05, 4.69) is 20.4 Å². The smallest absolute Gasteiger partial charge is 0.321 e. The third-order valence-corrected chi connectivity index (χ3v) is 5.70. The summed E-state index contributed by atoms with van der Waals surface area (Å²) in [6.45, 7) is 4.66. The molecule has 1 atom stereocenters. The second-order valence-corrected chi connectivity index (χ2v) is 7.63. The van der Waals surface area contributed by atoms with Gasteiger partial charge < -0.3 is 5.32 Å². The Labute approximate surface area is 145 Å². The van der Waals surface area contributed by atoms with E-state index >= 15 is 0 Å². The minimum Gasteiger partial charge on any atom is -0.335 e. The Balaban J connectivity index is 1.38. The van der Waals surface area contributed by atoms with Crippen molar-refractivity contribution in [1.82, 2.24) is 20.4 Å². The van der Waals surface area contributed by atoms with Crippen molar-refractivity contribution < 1.29 is 9.59 Å². The number of urea groups is 1. The fraction of sp³-hybridized carbons (Fsp3) is 0.889. The first-order chi connectivity index (χ1) is 11.7. The zero-order chi connectivity index (χ0) is 16.8. The second kappa shape index (κ2) is 8.81. The van der Waals surface area contributed by atoms with Gasteiger partial charge in [0.15, 0.2) is 0 Å². The summed E-state index contributed by atoms with van der Waals surface area (Å²) in [6, 6.07) is 0.506. The number of amides is 3. The Kier molecular flexibility index (Phi) is 6.49. The quantitative estimate of drug-likeness (QED) is 0.820. The van der Waals surface area contributed by atoms with E-state index in [0.29, 0.717) is 12.6 Å². The Morgan fingerprint density at radius 2 is 1.62 bits per heavy atom. The van der Waals surface area contributed by atoms with Crippen LogP contribution in [0, 0.1) is 0 Å². The molecule has 6 nitrogen and oxygen atoms in total. The van der Waals surface area contributed by atoms with Gasteiger partial charge in [-0.3, -0.25) is 19.9 Å². The van der Waals surface area contributed by atoms with E-state index < -0.39 is 0 Å². The standard InChI is InChI=1S/C18H32N4O2/c23-17(20-18(24)19-15-7-2-1-3-8-15)14-21-10-6-9-16(13-21)22-11-4-5-12-22/h15-16H,1-14H2,(H2,19,20,23,24)/t16-/m1/s1. The predicted octanol–water partition coefficient (Wildman–Crippen LogP) is 1.71. The molecular weight excluding hydrogens is 304 g/mol. The van der Waals surface area contributed by atoms with E-state index in [-0.39, 0.29) is 18.0 Å². The van der Waals surface area contributed by atoms with Gasteiger partial charge in [-0.15, -0.1) is 0 Å². The van der Waals surface area contributed by atoms with Crippen LogP contribution in [0.2, 0.25) is 0 Å². The molecule has 2 N–H and O–H groups in total. The molecular formula is C18H32N4O2. The van der Waals surface area contributed by atoms with E-state index in [1.165, 1.54) is 51.6 Å². The number of nitrogens with zero attached hydrogens (tertiary/aromatic N) is 2. The average Bonchev–Trinajstić information content (AvgIpc) is 3.10. The summed E-state index contributed by atoms with van der Waals surface area (Å²) in [5.41, 5.74) is 0. The minimum absolute atomic E-state index is 0.176. The maximum atomic E-state index is 12.2. The summed E-state index contributed by atoms with van der Waals surface area (Å²) in [5, 5.41) is 5.46. The van der Waals surface area contributed by atoms with Gasteiger partial charge in [0.05, 0.1) is 6.54 Å². The van der Waals surface area contributed by atoms with Crippen molar-refractivity contribution in [1.29, 1.82) is 0 Å². The number of likely N-dealkylation sites (tertiary alicyclic amines) is 2.